The molecule has 0 atom stereocenters. The molecular weight excluding hydrogens is 284 g/mol. The van der Waals surface area contributed by atoms with Gasteiger partial charge >= 0.3 is 0 Å². The summed E-state index contributed by atoms with van der Waals surface area (Å²) in [7, 11) is 3.19. The Morgan fingerprint density at radius 3 is 2.82 bits per heavy atom. The molecule has 3 aromatic rings. The Balaban J connectivity index is 1.78. The molecule has 0 saturated carbocycles. The van der Waals surface area contributed by atoms with Gasteiger partial charge in [-0.2, -0.15) is 5.10 Å². The van der Waals surface area contributed by atoms with Crippen molar-refractivity contribution in [2.75, 3.05) is 19.6 Å². The van der Waals surface area contributed by atoms with Gasteiger partial charge in [-0.15, -0.1) is 0 Å². The van der Waals surface area contributed by atoms with Gasteiger partial charge in [-0.25, -0.2) is 15.0 Å². The Morgan fingerprint density at radius 1 is 1.14 bits per heavy atom. The van der Waals surface area contributed by atoms with Gasteiger partial charge in [0.15, 0.2) is 23.0 Å². The number of methoxy groups -OCH3 is 2. The SMILES string of the molecule is COc1ccc(C=NNc2ncnc3nc[nH]c23)cc1OC. The number of imidazole rings is 1. The Labute approximate surface area is 126 Å². The highest BCUT2D eigenvalue weighted by Gasteiger charge is 2.05. The van der Waals surface area contributed by atoms with Gasteiger partial charge in [0, 0.05) is 0 Å². The van der Waals surface area contributed by atoms with Gasteiger partial charge in [-0.3, -0.25) is 5.43 Å². The van der Waals surface area contributed by atoms with Gasteiger partial charge in [0.05, 0.1) is 26.8 Å². The maximum atomic E-state index is 5.25. The van der Waals surface area contributed by atoms with E-state index in [0.717, 1.165) is 5.56 Å². The smallest absolute Gasteiger partial charge is 0.182 e. The maximum Gasteiger partial charge on any atom is 0.182 e. The van der Waals surface area contributed by atoms with Crippen LogP contribution in [0.5, 0.6) is 11.5 Å². The molecule has 0 saturated heterocycles. The van der Waals surface area contributed by atoms with Crippen molar-refractivity contribution in [1.82, 2.24) is 19.9 Å². The first-order valence-electron chi connectivity index (χ1n) is 6.47. The van der Waals surface area contributed by atoms with Crippen LogP contribution in [0.25, 0.3) is 11.2 Å². The molecule has 2 aromatic heterocycles. The first kappa shape index (κ1) is 13.8. The van der Waals surface area contributed by atoms with Crippen molar-refractivity contribution in [2.45, 2.75) is 0 Å². The zero-order valence-corrected chi connectivity index (χ0v) is 12.1. The first-order chi connectivity index (χ1) is 10.8. The van der Waals surface area contributed by atoms with Gasteiger partial charge in [0.1, 0.15) is 11.8 Å². The van der Waals surface area contributed by atoms with E-state index in [1.165, 1.54) is 6.33 Å². The number of benzene rings is 1. The zero-order valence-electron chi connectivity index (χ0n) is 12.1. The molecule has 1 aromatic carbocycles. The van der Waals surface area contributed by atoms with E-state index in [2.05, 4.69) is 30.5 Å². The predicted molar refractivity (Wildman–Crippen MR) is 82.4 cm³/mol. The lowest BCUT2D eigenvalue weighted by atomic mass is 10.2. The molecule has 0 spiro atoms. The number of fused-ring (bicyclic) bond motifs is 1. The standard InChI is InChI=1S/C14H14N6O2/c1-21-10-4-3-9(5-11(10)22-2)6-19-20-14-12-13(16-7-15-12)17-8-18-14/h3-8H,1-2H3,(H2,15,16,17,18,20). The average molecular weight is 298 g/mol. The molecule has 0 amide bonds. The second kappa shape index (κ2) is 6.08. The van der Waals surface area contributed by atoms with Gasteiger partial charge in [-0.1, -0.05) is 0 Å². The molecule has 0 bridgehead atoms. The van der Waals surface area contributed by atoms with Crippen LogP contribution in [0.4, 0.5) is 5.82 Å². The number of hydrogen-bond donors (Lipinski definition) is 2. The summed E-state index contributed by atoms with van der Waals surface area (Å²) in [6.45, 7) is 0. The summed E-state index contributed by atoms with van der Waals surface area (Å²) in [4.78, 5) is 15.2. The van der Waals surface area contributed by atoms with Crippen LogP contribution in [-0.4, -0.2) is 40.4 Å². The summed E-state index contributed by atoms with van der Waals surface area (Å²) in [5.74, 6) is 1.87. The van der Waals surface area contributed by atoms with Crippen molar-refractivity contribution >= 4 is 23.2 Å². The van der Waals surface area contributed by atoms with E-state index in [4.69, 9.17) is 9.47 Å². The number of aromatic amines is 1. The van der Waals surface area contributed by atoms with Crippen molar-refractivity contribution in [1.29, 1.82) is 0 Å². The van der Waals surface area contributed by atoms with E-state index in [-0.39, 0.29) is 0 Å². The molecule has 2 N–H and O–H groups in total. The predicted octanol–water partition coefficient (Wildman–Crippen LogP) is 1.82. The first-order valence-corrected chi connectivity index (χ1v) is 6.47. The number of H-pyrrole nitrogens is 1. The molecule has 0 unspecified atom stereocenters. The second-order valence-corrected chi connectivity index (χ2v) is 4.31. The van der Waals surface area contributed by atoms with Crippen molar-refractivity contribution in [3.05, 3.63) is 36.4 Å². The maximum absolute atomic E-state index is 5.25. The fourth-order valence-corrected chi connectivity index (χ4v) is 1.95. The highest BCUT2D eigenvalue weighted by molar-refractivity contribution is 5.84. The molecule has 8 nitrogen and oxygen atoms in total. The number of nitrogens with zero attached hydrogens (tertiary/aromatic N) is 4. The monoisotopic (exact) mass is 298 g/mol. The fraction of sp³-hybridized carbons (Fsp3) is 0.143. The third kappa shape index (κ3) is 2.66. The highest BCUT2D eigenvalue weighted by Crippen LogP contribution is 2.26. The Bertz CT molecular complexity index is 814. The lowest BCUT2D eigenvalue weighted by Gasteiger charge is -2.07. The number of hydrazone groups is 1. The van der Waals surface area contributed by atoms with Crippen molar-refractivity contribution in [3.8, 4) is 11.5 Å². The zero-order chi connectivity index (χ0) is 15.4. The average Bonchev–Trinajstić information content (AvgIpc) is 3.04. The van der Waals surface area contributed by atoms with E-state index < -0.39 is 0 Å². The van der Waals surface area contributed by atoms with E-state index in [1.54, 1.807) is 26.8 Å². The number of anilines is 1. The van der Waals surface area contributed by atoms with Crippen molar-refractivity contribution < 1.29 is 9.47 Å². The minimum absolute atomic E-state index is 0.555. The lowest BCUT2D eigenvalue weighted by molar-refractivity contribution is 0.355. The lowest BCUT2D eigenvalue weighted by Crippen LogP contribution is -1.96. The largest absolute Gasteiger partial charge is 0.493 e. The van der Waals surface area contributed by atoms with Gasteiger partial charge < -0.3 is 14.5 Å². The molecule has 0 aliphatic carbocycles. The fourth-order valence-electron chi connectivity index (χ4n) is 1.95. The molecule has 3 rings (SSSR count). The number of hydrogen-bond acceptors (Lipinski definition) is 7. The van der Waals surface area contributed by atoms with Crippen molar-refractivity contribution in [2.24, 2.45) is 5.10 Å². The van der Waals surface area contributed by atoms with Crippen LogP contribution in [0.3, 0.4) is 0 Å². The molecular formula is C14H14N6O2. The molecule has 8 heteroatoms. The number of rotatable bonds is 5. The van der Waals surface area contributed by atoms with E-state index in [0.29, 0.717) is 28.5 Å². The molecule has 0 aliphatic rings. The summed E-state index contributed by atoms with van der Waals surface area (Å²) < 4.78 is 10.4. The molecule has 2 heterocycles. The minimum atomic E-state index is 0.555. The summed E-state index contributed by atoms with van der Waals surface area (Å²) in [5, 5.41) is 4.16. The highest BCUT2D eigenvalue weighted by atomic mass is 16.5. The third-order valence-corrected chi connectivity index (χ3v) is 3.01. The van der Waals surface area contributed by atoms with Gasteiger partial charge in [-0.05, 0) is 23.8 Å². The van der Waals surface area contributed by atoms with E-state index in [1.807, 2.05) is 18.2 Å². The van der Waals surface area contributed by atoms with Crippen LogP contribution in [0.1, 0.15) is 5.56 Å². The molecule has 0 fully saturated rings. The summed E-state index contributed by atoms with van der Waals surface area (Å²) in [6, 6.07) is 5.52. The van der Waals surface area contributed by atoms with Crippen molar-refractivity contribution in [3.63, 3.8) is 0 Å². The number of ether oxygens (including phenoxy) is 2. The molecule has 0 radical (unpaired) electrons. The third-order valence-electron chi connectivity index (χ3n) is 3.01. The number of aromatic nitrogens is 4. The topological polar surface area (TPSA) is 97.3 Å². The Kier molecular flexibility index (Phi) is 3.82. The Hall–Kier alpha value is -3.16. The van der Waals surface area contributed by atoms with Crippen LogP contribution in [-0.2, 0) is 0 Å². The minimum Gasteiger partial charge on any atom is -0.493 e. The van der Waals surface area contributed by atoms with Gasteiger partial charge in [0.25, 0.3) is 0 Å². The van der Waals surface area contributed by atoms with Crippen LogP contribution in [0, 0.1) is 0 Å². The van der Waals surface area contributed by atoms with Gasteiger partial charge in [0.2, 0.25) is 0 Å². The summed E-state index contributed by atoms with van der Waals surface area (Å²) >= 11 is 0. The Morgan fingerprint density at radius 2 is 2.00 bits per heavy atom. The van der Waals surface area contributed by atoms with E-state index in [9.17, 15) is 0 Å². The van der Waals surface area contributed by atoms with Crippen LogP contribution in [0.2, 0.25) is 0 Å². The summed E-state index contributed by atoms with van der Waals surface area (Å²) in [5.41, 5.74) is 5.01. The molecule has 112 valence electrons. The quantitative estimate of drug-likeness (QED) is 0.551. The molecule has 0 aliphatic heterocycles. The van der Waals surface area contributed by atoms with E-state index >= 15 is 0 Å². The van der Waals surface area contributed by atoms with Crippen LogP contribution in [0.15, 0.2) is 36.0 Å². The van der Waals surface area contributed by atoms with Crippen LogP contribution < -0.4 is 14.9 Å². The molecule has 22 heavy (non-hydrogen) atoms. The summed E-state index contributed by atoms with van der Waals surface area (Å²) in [6.07, 6.45) is 4.65. The number of nitrogens with one attached hydrogen (secondary N) is 2. The second-order valence-electron chi connectivity index (χ2n) is 4.31. The van der Waals surface area contributed by atoms with Crippen LogP contribution >= 0.6 is 0 Å². The normalized spacial score (nSPS) is 11.0.